The largest absolute Gasteiger partial charge is 0.486 e. The molecule has 2 amide bonds. The third-order valence-corrected chi connectivity index (χ3v) is 6.17. The third kappa shape index (κ3) is 3.84. The number of carbonyl (C=O) groups is 2. The lowest BCUT2D eigenvalue weighted by atomic mass is 9.77. The molecule has 0 spiro atoms. The van der Waals surface area contributed by atoms with Gasteiger partial charge < -0.3 is 25.2 Å². The van der Waals surface area contributed by atoms with Crippen LogP contribution in [0.15, 0.2) is 35.9 Å². The third-order valence-electron chi connectivity index (χ3n) is 6.17. The minimum absolute atomic E-state index is 0.0359. The maximum atomic E-state index is 13.0. The van der Waals surface area contributed by atoms with Gasteiger partial charge in [-0.2, -0.15) is 0 Å². The fraction of sp³-hybridized carbons (Fsp3) is 0.565. The average Bonchev–Trinajstić information content (AvgIpc) is 3.48. The first-order chi connectivity index (χ1) is 14.4. The molecule has 3 aliphatic rings. The maximum Gasteiger partial charge on any atom is 0.247 e. The Balaban J connectivity index is 1.73. The van der Waals surface area contributed by atoms with Gasteiger partial charge in [-0.1, -0.05) is 32.0 Å². The summed E-state index contributed by atoms with van der Waals surface area (Å²) in [4.78, 5) is 27.7. The van der Waals surface area contributed by atoms with E-state index in [9.17, 15) is 14.7 Å². The van der Waals surface area contributed by atoms with Crippen molar-refractivity contribution in [3.63, 3.8) is 0 Å². The van der Waals surface area contributed by atoms with Crippen LogP contribution < -0.4 is 10.1 Å². The maximum absolute atomic E-state index is 13.0. The minimum atomic E-state index is -0.946. The Hall–Kier alpha value is -2.38. The van der Waals surface area contributed by atoms with Crippen molar-refractivity contribution in [3.8, 4) is 5.75 Å². The molecule has 4 unspecified atom stereocenters. The van der Waals surface area contributed by atoms with Gasteiger partial charge in [-0.05, 0) is 30.9 Å². The molecule has 0 bridgehead atoms. The number of para-hydroxylation sites is 1. The van der Waals surface area contributed by atoms with Crippen LogP contribution in [0.3, 0.4) is 0 Å². The molecule has 7 nitrogen and oxygen atoms in total. The molecule has 7 heteroatoms. The van der Waals surface area contributed by atoms with Gasteiger partial charge in [0.25, 0.3) is 0 Å². The monoisotopic (exact) mass is 414 g/mol. The van der Waals surface area contributed by atoms with Crippen molar-refractivity contribution >= 4 is 11.8 Å². The predicted octanol–water partition coefficient (Wildman–Crippen LogP) is 1.20. The van der Waals surface area contributed by atoms with Gasteiger partial charge in [0.1, 0.15) is 18.0 Å². The summed E-state index contributed by atoms with van der Waals surface area (Å²) in [5.74, 6) is 0.126. The van der Waals surface area contributed by atoms with Crippen molar-refractivity contribution in [2.24, 2.45) is 11.8 Å². The van der Waals surface area contributed by atoms with Gasteiger partial charge in [-0.3, -0.25) is 9.59 Å². The van der Waals surface area contributed by atoms with Crippen LogP contribution in [0.5, 0.6) is 5.75 Å². The molecule has 30 heavy (non-hydrogen) atoms. The molecule has 1 heterocycles. The molecule has 1 aliphatic heterocycles. The first-order valence-electron chi connectivity index (χ1n) is 10.8. The zero-order valence-corrected chi connectivity index (χ0v) is 17.5. The summed E-state index contributed by atoms with van der Waals surface area (Å²) in [5.41, 5.74) is 1.33. The molecule has 0 radical (unpaired) electrons. The number of nitrogens with one attached hydrogen (secondary N) is 1. The van der Waals surface area contributed by atoms with E-state index < -0.39 is 24.2 Å². The number of hydrogen-bond donors (Lipinski definition) is 3. The van der Waals surface area contributed by atoms with Gasteiger partial charge in [0.05, 0.1) is 18.6 Å². The normalized spacial score (nSPS) is 27.0. The highest BCUT2D eigenvalue weighted by atomic mass is 16.5. The number of aliphatic hydroxyl groups is 2. The SMILES string of the molecule is CC(C)C(=O)N(CC1CC1)C1C=C(C(=O)NCCO)C2c3ccccc3OC2C1O. The van der Waals surface area contributed by atoms with E-state index in [1.807, 2.05) is 38.1 Å². The highest BCUT2D eigenvalue weighted by Gasteiger charge is 2.50. The number of aliphatic hydroxyl groups excluding tert-OH is 2. The molecule has 4 rings (SSSR count). The summed E-state index contributed by atoms with van der Waals surface area (Å²) in [6, 6.07) is 6.85. The van der Waals surface area contributed by atoms with E-state index in [0.29, 0.717) is 23.8 Å². The van der Waals surface area contributed by atoms with Gasteiger partial charge >= 0.3 is 0 Å². The highest BCUT2D eigenvalue weighted by Crippen LogP contribution is 2.47. The van der Waals surface area contributed by atoms with Gasteiger partial charge in [0.2, 0.25) is 11.8 Å². The van der Waals surface area contributed by atoms with Crippen LogP contribution in [0.25, 0.3) is 0 Å². The molecule has 1 aromatic rings. The Morgan fingerprint density at radius 2 is 2.00 bits per heavy atom. The van der Waals surface area contributed by atoms with Crippen molar-refractivity contribution in [1.29, 1.82) is 0 Å². The molecule has 0 saturated heterocycles. The van der Waals surface area contributed by atoms with Crippen molar-refractivity contribution in [2.45, 2.75) is 50.9 Å². The summed E-state index contributed by atoms with van der Waals surface area (Å²) in [6.07, 6.45) is 2.30. The Morgan fingerprint density at radius 1 is 1.27 bits per heavy atom. The summed E-state index contributed by atoms with van der Waals surface area (Å²) in [6.45, 7) is 4.25. The van der Waals surface area contributed by atoms with Crippen LogP contribution in [-0.4, -0.2) is 64.9 Å². The Morgan fingerprint density at radius 3 is 2.67 bits per heavy atom. The molecule has 162 valence electrons. The molecule has 1 saturated carbocycles. The minimum Gasteiger partial charge on any atom is -0.486 e. The number of fused-ring (bicyclic) bond motifs is 3. The number of ether oxygens (including phenoxy) is 1. The summed E-state index contributed by atoms with van der Waals surface area (Å²) >= 11 is 0. The lowest BCUT2D eigenvalue weighted by Gasteiger charge is -2.41. The van der Waals surface area contributed by atoms with E-state index in [0.717, 1.165) is 18.4 Å². The standard InChI is InChI=1S/C23H30N2O5/c1-13(2)23(29)25(12-14-7-8-14)17-11-16(22(28)24-9-10-26)19-15-5-3-4-6-18(15)30-21(19)20(17)27/h3-6,11,13-14,17,19-21,26-27H,7-10,12H2,1-2H3,(H,24,28). The van der Waals surface area contributed by atoms with Crippen molar-refractivity contribution in [3.05, 3.63) is 41.5 Å². The van der Waals surface area contributed by atoms with Gasteiger partial charge in [-0.25, -0.2) is 0 Å². The fourth-order valence-electron chi connectivity index (χ4n) is 4.46. The van der Waals surface area contributed by atoms with Crippen molar-refractivity contribution in [1.82, 2.24) is 10.2 Å². The first kappa shape index (κ1) is 20.9. The van der Waals surface area contributed by atoms with E-state index in [-0.39, 0.29) is 30.9 Å². The van der Waals surface area contributed by atoms with E-state index in [4.69, 9.17) is 9.84 Å². The van der Waals surface area contributed by atoms with Crippen LogP contribution in [0.1, 0.15) is 38.2 Å². The second kappa shape index (κ2) is 8.40. The van der Waals surface area contributed by atoms with Crippen LogP contribution in [-0.2, 0) is 9.59 Å². The molecular formula is C23H30N2O5. The molecule has 4 atom stereocenters. The number of carbonyl (C=O) groups excluding carboxylic acids is 2. The quantitative estimate of drug-likeness (QED) is 0.623. The molecule has 3 N–H and O–H groups in total. The lowest BCUT2D eigenvalue weighted by molar-refractivity contribution is -0.140. The van der Waals surface area contributed by atoms with Crippen LogP contribution in [0.4, 0.5) is 0 Å². The molecule has 2 aliphatic carbocycles. The number of benzene rings is 1. The summed E-state index contributed by atoms with van der Waals surface area (Å²) in [5, 5.41) is 23.1. The van der Waals surface area contributed by atoms with Crippen LogP contribution >= 0.6 is 0 Å². The van der Waals surface area contributed by atoms with Gasteiger partial charge in [-0.15, -0.1) is 0 Å². The first-order valence-corrected chi connectivity index (χ1v) is 10.8. The zero-order chi connectivity index (χ0) is 21.4. The van der Waals surface area contributed by atoms with Gasteiger partial charge in [0, 0.05) is 30.1 Å². The second-order valence-corrected chi connectivity index (χ2v) is 8.77. The van der Waals surface area contributed by atoms with Crippen LogP contribution in [0, 0.1) is 11.8 Å². The Labute approximate surface area is 176 Å². The van der Waals surface area contributed by atoms with Crippen LogP contribution in [0.2, 0.25) is 0 Å². The van der Waals surface area contributed by atoms with Crippen molar-refractivity contribution in [2.75, 3.05) is 19.7 Å². The summed E-state index contributed by atoms with van der Waals surface area (Å²) < 4.78 is 6.09. The average molecular weight is 415 g/mol. The smallest absolute Gasteiger partial charge is 0.247 e. The fourth-order valence-corrected chi connectivity index (χ4v) is 4.46. The molecule has 0 aromatic heterocycles. The lowest BCUT2D eigenvalue weighted by Crippen LogP contribution is -2.56. The number of amides is 2. The summed E-state index contributed by atoms with van der Waals surface area (Å²) in [7, 11) is 0. The van der Waals surface area contributed by atoms with Crippen molar-refractivity contribution < 1.29 is 24.5 Å². The van der Waals surface area contributed by atoms with E-state index in [1.54, 1.807) is 11.0 Å². The number of hydrogen-bond acceptors (Lipinski definition) is 5. The predicted molar refractivity (Wildman–Crippen MR) is 111 cm³/mol. The second-order valence-electron chi connectivity index (χ2n) is 8.77. The molecule has 1 fully saturated rings. The zero-order valence-electron chi connectivity index (χ0n) is 17.5. The molecule has 1 aromatic carbocycles. The van der Waals surface area contributed by atoms with E-state index >= 15 is 0 Å². The Kier molecular flexibility index (Phi) is 5.84. The Bertz CT molecular complexity index is 848. The highest BCUT2D eigenvalue weighted by molar-refractivity contribution is 5.96. The number of rotatable bonds is 7. The topological polar surface area (TPSA) is 99.1 Å². The van der Waals surface area contributed by atoms with Gasteiger partial charge in [0.15, 0.2) is 0 Å². The van der Waals surface area contributed by atoms with E-state index in [2.05, 4.69) is 5.32 Å². The molecular weight excluding hydrogens is 384 g/mol. The number of nitrogens with zero attached hydrogens (tertiary/aromatic N) is 1. The van der Waals surface area contributed by atoms with E-state index in [1.165, 1.54) is 0 Å².